The Balaban J connectivity index is 2.11. The maximum atomic E-state index is 5.64. The number of nitrogens with zero attached hydrogens (tertiary/aromatic N) is 1. The van der Waals surface area contributed by atoms with Crippen LogP contribution in [0.2, 0.25) is 0 Å². The van der Waals surface area contributed by atoms with Crippen LogP contribution in [-0.2, 0) is 0 Å². The van der Waals surface area contributed by atoms with Crippen molar-refractivity contribution in [3.8, 4) is 0 Å². The summed E-state index contributed by atoms with van der Waals surface area (Å²) in [6.45, 7) is 6.11. The summed E-state index contributed by atoms with van der Waals surface area (Å²) in [5.74, 6) is 0.899. The molecule has 0 spiro atoms. The third kappa shape index (κ3) is 3.39. The molecule has 0 aliphatic heterocycles. The second-order valence-corrected chi connectivity index (χ2v) is 5.95. The fraction of sp³-hybridized carbons (Fsp3) is 0.400. The normalized spacial score (nSPS) is 14.3. The van der Waals surface area contributed by atoms with Crippen LogP contribution in [0, 0.1) is 13.8 Å². The molecule has 2 atom stereocenters. The number of thioether (sulfide) groups is 1. The van der Waals surface area contributed by atoms with Gasteiger partial charge in [0.1, 0.15) is 5.76 Å². The molecule has 19 heavy (non-hydrogen) atoms. The third-order valence-electron chi connectivity index (χ3n) is 3.23. The highest BCUT2D eigenvalue weighted by atomic mass is 32.2. The molecule has 4 heteroatoms. The minimum atomic E-state index is 0.277. The first-order chi connectivity index (χ1) is 9.11. The van der Waals surface area contributed by atoms with Crippen molar-refractivity contribution >= 4 is 11.8 Å². The molecule has 102 valence electrons. The predicted octanol–water partition coefficient (Wildman–Crippen LogP) is 3.73. The van der Waals surface area contributed by atoms with E-state index in [0.29, 0.717) is 5.25 Å². The molecule has 2 rings (SSSR count). The molecule has 0 saturated carbocycles. The Bertz CT molecular complexity index is 505. The zero-order valence-corrected chi connectivity index (χ0v) is 12.6. The summed E-state index contributed by atoms with van der Waals surface area (Å²) in [6.07, 6.45) is 0. The Kier molecular flexibility index (Phi) is 4.66. The average molecular weight is 276 g/mol. The molecular weight excluding hydrogens is 256 g/mol. The summed E-state index contributed by atoms with van der Waals surface area (Å²) in [5, 5.41) is 4.46. The van der Waals surface area contributed by atoms with Crippen LogP contribution in [0.3, 0.4) is 0 Å². The molecule has 1 N–H and O–H groups in total. The standard InChI is InChI=1S/C15H20N2OS/c1-10-11(2)18-15(17-10)19-12(3)14(16-4)13-8-6-5-7-9-13/h5-9,12,14,16H,1-4H3. The van der Waals surface area contributed by atoms with Crippen LogP contribution in [0.25, 0.3) is 0 Å². The van der Waals surface area contributed by atoms with E-state index in [-0.39, 0.29) is 6.04 Å². The fourth-order valence-corrected chi connectivity index (χ4v) is 3.16. The van der Waals surface area contributed by atoms with Crippen molar-refractivity contribution < 1.29 is 4.42 Å². The Labute approximate surface area is 118 Å². The zero-order valence-electron chi connectivity index (χ0n) is 11.8. The van der Waals surface area contributed by atoms with Gasteiger partial charge in [0, 0.05) is 11.3 Å². The van der Waals surface area contributed by atoms with Gasteiger partial charge in [-0.25, -0.2) is 4.98 Å². The number of benzene rings is 1. The van der Waals surface area contributed by atoms with E-state index in [1.165, 1.54) is 5.56 Å². The van der Waals surface area contributed by atoms with Crippen LogP contribution in [0.4, 0.5) is 0 Å². The summed E-state index contributed by atoms with van der Waals surface area (Å²) in [6, 6.07) is 10.7. The van der Waals surface area contributed by atoms with Crippen LogP contribution in [0.1, 0.15) is 30.0 Å². The average Bonchev–Trinajstić information content (AvgIpc) is 2.70. The molecule has 0 aliphatic rings. The van der Waals surface area contributed by atoms with Gasteiger partial charge in [-0.05, 0) is 26.5 Å². The SMILES string of the molecule is CNC(c1ccccc1)C(C)Sc1nc(C)c(C)o1. The Hall–Kier alpha value is -1.26. The van der Waals surface area contributed by atoms with Gasteiger partial charge in [0.2, 0.25) is 0 Å². The lowest BCUT2D eigenvalue weighted by molar-refractivity contribution is 0.428. The number of oxazole rings is 1. The largest absolute Gasteiger partial charge is 0.437 e. The molecule has 1 aromatic carbocycles. The number of aromatic nitrogens is 1. The Morgan fingerprint density at radius 1 is 1.21 bits per heavy atom. The summed E-state index contributed by atoms with van der Waals surface area (Å²) in [4.78, 5) is 4.43. The highest BCUT2D eigenvalue weighted by Crippen LogP contribution is 2.32. The molecule has 0 fully saturated rings. The van der Waals surface area contributed by atoms with Gasteiger partial charge in [-0.3, -0.25) is 0 Å². The van der Waals surface area contributed by atoms with Crippen LogP contribution < -0.4 is 5.32 Å². The second-order valence-electron chi connectivity index (χ2n) is 4.62. The molecule has 0 radical (unpaired) electrons. The number of hydrogen-bond acceptors (Lipinski definition) is 4. The van der Waals surface area contributed by atoms with Gasteiger partial charge >= 0.3 is 0 Å². The minimum Gasteiger partial charge on any atom is -0.437 e. The lowest BCUT2D eigenvalue weighted by Crippen LogP contribution is -2.25. The number of rotatable bonds is 5. The van der Waals surface area contributed by atoms with Crippen molar-refractivity contribution in [1.82, 2.24) is 10.3 Å². The maximum absolute atomic E-state index is 5.64. The van der Waals surface area contributed by atoms with Gasteiger partial charge in [0.25, 0.3) is 5.22 Å². The van der Waals surface area contributed by atoms with E-state index < -0.39 is 0 Å². The molecule has 2 aromatic rings. The zero-order chi connectivity index (χ0) is 13.8. The smallest absolute Gasteiger partial charge is 0.256 e. The van der Waals surface area contributed by atoms with Crippen LogP contribution >= 0.6 is 11.8 Å². The molecule has 2 unspecified atom stereocenters. The lowest BCUT2D eigenvalue weighted by atomic mass is 10.0. The highest BCUT2D eigenvalue weighted by molar-refractivity contribution is 7.99. The van der Waals surface area contributed by atoms with E-state index in [2.05, 4.69) is 41.5 Å². The fourth-order valence-electron chi connectivity index (χ4n) is 2.05. The van der Waals surface area contributed by atoms with E-state index in [0.717, 1.165) is 16.7 Å². The minimum absolute atomic E-state index is 0.277. The molecule has 3 nitrogen and oxygen atoms in total. The summed E-state index contributed by atoms with van der Waals surface area (Å²) < 4.78 is 5.64. The molecule has 0 aliphatic carbocycles. The van der Waals surface area contributed by atoms with Crippen LogP contribution in [0.5, 0.6) is 0 Å². The van der Waals surface area contributed by atoms with Gasteiger partial charge in [-0.15, -0.1) is 0 Å². The van der Waals surface area contributed by atoms with Crippen LogP contribution in [0.15, 0.2) is 40.0 Å². The van der Waals surface area contributed by atoms with E-state index in [4.69, 9.17) is 4.42 Å². The van der Waals surface area contributed by atoms with Crippen molar-refractivity contribution in [2.45, 2.75) is 37.3 Å². The highest BCUT2D eigenvalue weighted by Gasteiger charge is 2.20. The van der Waals surface area contributed by atoms with Gasteiger partial charge in [-0.1, -0.05) is 49.0 Å². The van der Waals surface area contributed by atoms with Crippen molar-refractivity contribution in [3.05, 3.63) is 47.3 Å². The third-order valence-corrected chi connectivity index (χ3v) is 4.25. The molecule has 0 amide bonds. The first kappa shape index (κ1) is 14.2. The van der Waals surface area contributed by atoms with Crippen molar-refractivity contribution in [1.29, 1.82) is 0 Å². The van der Waals surface area contributed by atoms with E-state index in [1.807, 2.05) is 27.0 Å². The van der Waals surface area contributed by atoms with Gasteiger partial charge < -0.3 is 9.73 Å². The molecule has 0 bridgehead atoms. The molecule has 1 heterocycles. The number of aryl methyl sites for hydroxylation is 2. The first-order valence-electron chi connectivity index (χ1n) is 6.44. The van der Waals surface area contributed by atoms with Crippen molar-refractivity contribution in [2.24, 2.45) is 0 Å². The second kappa shape index (κ2) is 6.26. The maximum Gasteiger partial charge on any atom is 0.256 e. The first-order valence-corrected chi connectivity index (χ1v) is 7.32. The topological polar surface area (TPSA) is 38.1 Å². The number of nitrogens with one attached hydrogen (secondary N) is 1. The van der Waals surface area contributed by atoms with Crippen molar-refractivity contribution in [3.63, 3.8) is 0 Å². The Morgan fingerprint density at radius 2 is 1.89 bits per heavy atom. The van der Waals surface area contributed by atoms with Gasteiger partial charge in [0.05, 0.1) is 5.69 Å². The van der Waals surface area contributed by atoms with E-state index in [1.54, 1.807) is 11.8 Å². The monoisotopic (exact) mass is 276 g/mol. The van der Waals surface area contributed by atoms with Gasteiger partial charge in [-0.2, -0.15) is 0 Å². The van der Waals surface area contributed by atoms with E-state index >= 15 is 0 Å². The van der Waals surface area contributed by atoms with E-state index in [9.17, 15) is 0 Å². The summed E-state index contributed by atoms with van der Waals surface area (Å²) in [7, 11) is 1.99. The lowest BCUT2D eigenvalue weighted by Gasteiger charge is -2.22. The molecule has 1 aromatic heterocycles. The Morgan fingerprint density at radius 3 is 2.42 bits per heavy atom. The molecule has 0 saturated heterocycles. The van der Waals surface area contributed by atoms with Crippen molar-refractivity contribution in [2.75, 3.05) is 7.05 Å². The number of hydrogen-bond donors (Lipinski definition) is 1. The van der Waals surface area contributed by atoms with Crippen LogP contribution in [-0.4, -0.2) is 17.3 Å². The quantitative estimate of drug-likeness (QED) is 0.844. The summed E-state index contributed by atoms with van der Waals surface area (Å²) in [5.41, 5.74) is 2.25. The van der Waals surface area contributed by atoms with Gasteiger partial charge in [0.15, 0.2) is 0 Å². The predicted molar refractivity (Wildman–Crippen MR) is 79.5 cm³/mol. The summed E-state index contributed by atoms with van der Waals surface area (Å²) >= 11 is 1.67. The molecular formula is C15H20N2OS.